The van der Waals surface area contributed by atoms with Crippen molar-refractivity contribution >= 4 is 11.8 Å². The Balaban J connectivity index is 2.15. The molecule has 0 unspecified atom stereocenters. The van der Waals surface area contributed by atoms with Crippen molar-refractivity contribution in [3.05, 3.63) is 5.82 Å². The van der Waals surface area contributed by atoms with Gasteiger partial charge in [0.25, 0.3) is 0 Å². The van der Waals surface area contributed by atoms with E-state index in [0.717, 1.165) is 16.2 Å². The summed E-state index contributed by atoms with van der Waals surface area (Å²) in [6, 6.07) is 0.387. The molecule has 5 heteroatoms. The summed E-state index contributed by atoms with van der Waals surface area (Å²) in [5.41, 5.74) is 5.68. The zero-order valence-electron chi connectivity index (χ0n) is 10.0. The van der Waals surface area contributed by atoms with Crippen LogP contribution in [0.1, 0.15) is 51.4 Å². The molecule has 0 aromatic carbocycles. The van der Waals surface area contributed by atoms with Crippen molar-refractivity contribution in [3.63, 3.8) is 0 Å². The van der Waals surface area contributed by atoms with Gasteiger partial charge in [-0.3, -0.25) is 0 Å². The number of nitrogens with zero attached hydrogens (tertiary/aromatic N) is 3. The van der Waals surface area contributed by atoms with Crippen LogP contribution in [0.3, 0.4) is 0 Å². The quantitative estimate of drug-likeness (QED) is 0.877. The van der Waals surface area contributed by atoms with Crippen LogP contribution in [-0.2, 0) is 6.54 Å². The summed E-state index contributed by atoms with van der Waals surface area (Å²) in [6.07, 6.45) is 5.34. The van der Waals surface area contributed by atoms with E-state index in [2.05, 4.69) is 28.6 Å². The Morgan fingerprint density at radius 2 is 2.06 bits per heavy atom. The van der Waals surface area contributed by atoms with Crippen LogP contribution in [0.2, 0.25) is 0 Å². The van der Waals surface area contributed by atoms with Gasteiger partial charge in [-0.05, 0) is 26.7 Å². The van der Waals surface area contributed by atoms with Gasteiger partial charge >= 0.3 is 0 Å². The first-order valence-electron chi connectivity index (χ1n) is 6.03. The highest BCUT2D eigenvalue weighted by atomic mass is 32.2. The first kappa shape index (κ1) is 11.9. The summed E-state index contributed by atoms with van der Waals surface area (Å²) in [5.74, 6) is 0.899. The smallest absolute Gasteiger partial charge is 0.191 e. The number of thioether (sulfide) groups is 1. The minimum absolute atomic E-state index is 0.387. The van der Waals surface area contributed by atoms with Gasteiger partial charge in [0.2, 0.25) is 0 Å². The first-order chi connectivity index (χ1) is 7.72. The van der Waals surface area contributed by atoms with E-state index in [1.807, 2.05) is 11.8 Å². The number of hydrogen-bond acceptors (Lipinski definition) is 4. The lowest BCUT2D eigenvalue weighted by Crippen LogP contribution is -2.12. The van der Waals surface area contributed by atoms with Crippen LogP contribution in [0.25, 0.3) is 0 Å². The molecule has 0 bridgehead atoms. The van der Waals surface area contributed by atoms with E-state index in [1.165, 1.54) is 25.7 Å². The molecule has 0 radical (unpaired) electrons. The zero-order chi connectivity index (χ0) is 11.5. The fraction of sp³-hybridized carbons (Fsp3) is 0.818. The summed E-state index contributed by atoms with van der Waals surface area (Å²) >= 11 is 1.88. The summed E-state index contributed by atoms with van der Waals surface area (Å²) in [5, 5.41) is 10.2. The summed E-state index contributed by atoms with van der Waals surface area (Å²) in [4.78, 5) is 0. The predicted octanol–water partition coefficient (Wildman–Crippen LogP) is 2.35. The molecule has 0 atom stereocenters. The Bertz CT molecular complexity index is 342. The SMILES string of the molecule is CC(C)n1c(CN)nnc1SC1CCCC1. The van der Waals surface area contributed by atoms with E-state index in [4.69, 9.17) is 5.73 Å². The second-order valence-electron chi connectivity index (χ2n) is 4.59. The Labute approximate surface area is 101 Å². The average Bonchev–Trinajstić information content (AvgIpc) is 2.87. The highest BCUT2D eigenvalue weighted by molar-refractivity contribution is 7.99. The summed E-state index contributed by atoms with van der Waals surface area (Å²) in [6.45, 7) is 4.78. The number of hydrogen-bond donors (Lipinski definition) is 1. The molecule has 1 fully saturated rings. The molecule has 1 heterocycles. The van der Waals surface area contributed by atoms with E-state index in [-0.39, 0.29) is 0 Å². The molecule has 2 rings (SSSR count). The molecular formula is C11H20N4S. The lowest BCUT2D eigenvalue weighted by atomic mass is 10.4. The fourth-order valence-corrected chi connectivity index (χ4v) is 3.59. The maximum absolute atomic E-state index is 5.68. The van der Waals surface area contributed by atoms with Gasteiger partial charge < -0.3 is 10.3 Å². The molecular weight excluding hydrogens is 220 g/mol. The minimum atomic E-state index is 0.387. The molecule has 0 aliphatic heterocycles. The lowest BCUT2D eigenvalue weighted by molar-refractivity contribution is 0.525. The monoisotopic (exact) mass is 240 g/mol. The van der Waals surface area contributed by atoms with Crippen LogP contribution >= 0.6 is 11.8 Å². The first-order valence-corrected chi connectivity index (χ1v) is 6.91. The number of aromatic nitrogens is 3. The molecule has 0 spiro atoms. The Morgan fingerprint density at radius 3 is 2.62 bits per heavy atom. The molecule has 4 nitrogen and oxygen atoms in total. The van der Waals surface area contributed by atoms with Gasteiger partial charge in [0, 0.05) is 11.3 Å². The van der Waals surface area contributed by atoms with E-state index < -0.39 is 0 Å². The third-order valence-electron chi connectivity index (χ3n) is 3.01. The van der Waals surface area contributed by atoms with Gasteiger partial charge in [-0.25, -0.2) is 0 Å². The molecule has 1 aliphatic carbocycles. The Morgan fingerprint density at radius 1 is 1.38 bits per heavy atom. The average molecular weight is 240 g/mol. The second kappa shape index (κ2) is 5.19. The van der Waals surface area contributed by atoms with E-state index >= 15 is 0 Å². The van der Waals surface area contributed by atoms with Crippen molar-refractivity contribution in [2.24, 2.45) is 5.73 Å². The molecule has 0 amide bonds. The highest BCUT2D eigenvalue weighted by Gasteiger charge is 2.21. The number of nitrogens with two attached hydrogens (primary N) is 1. The maximum atomic E-state index is 5.68. The van der Waals surface area contributed by atoms with Crippen molar-refractivity contribution < 1.29 is 0 Å². The van der Waals surface area contributed by atoms with Gasteiger partial charge in [0.1, 0.15) is 5.82 Å². The Hall–Kier alpha value is -0.550. The van der Waals surface area contributed by atoms with Gasteiger partial charge in [0.05, 0.1) is 6.54 Å². The molecule has 1 aliphatic rings. The fourth-order valence-electron chi connectivity index (χ4n) is 2.20. The normalized spacial score (nSPS) is 17.5. The van der Waals surface area contributed by atoms with Gasteiger partial charge in [-0.1, -0.05) is 24.6 Å². The van der Waals surface area contributed by atoms with E-state index in [0.29, 0.717) is 12.6 Å². The van der Waals surface area contributed by atoms with Gasteiger partial charge in [-0.15, -0.1) is 10.2 Å². The third kappa shape index (κ3) is 2.40. The number of rotatable bonds is 4. The molecule has 2 N–H and O–H groups in total. The standard InChI is InChI=1S/C11H20N4S/c1-8(2)15-10(7-12)13-14-11(15)16-9-5-3-4-6-9/h8-9H,3-7,12H2,1-2H3. The van der Waals surface area contributed by atoms with E-state index in [1.54, 1.807) is 0 Å². The topological polar surface area (TPSA) is 56.7 Å². The van der Waals surface area contributed by atoms with Gasteiger partial charge in [-0.2, -0.15) is 0 Å². The van der Waals surface area contributed by atoms with Crippen LogP contribution in [-0.4, -0.2) is 20.0 Å². The van der Waals surface area contributed by atoms with Gasteiger partial charge in [0.15, 0.2) is 5.16 Å². The van der Waals surface area contributed by atoms with Crippen molar-refractivity contribution in [1.29, 1.82) is 0 Å². The second-order valence-corrected chi connectivity index (χ2v) is 5.86. The molecule has 1 saturated carbocycles. The summed E-state index contributed by atoms with van der Waals surface area (Å²) in [7, 11) is 0. The summed E-state index contributed by atoms with van der Waals surface area (Å²) < 4.78 is 2.17. The zero-order valence-corrected chi connectivity index (χ0v) is 10.8. The molecule has 1 aromatic heterocycles. The minimum Gasteiger partial charge on any atom is -0.324 e. The molecule has 0 saturated heterocycles. The largest absolute Gasteiger partial charge is 0.324 e. The van der Waals surface area contributed by atoms with Crippen LogP contribution in [0.5, 0.6) is 0 Å². The van der Waals surface area contributed by atoms with Crippen molar-refractivity contribution in [1.82, 2.24) is 14.8 Å². The highest BCUT2D eigenvalue weighted by Crippen LogP contribution is 2.34. The van der Waals surface area contributed by atoms with Crippen molar-refractivity contribution in [3.8, 4) is 0 Å². The maximum Gasteiger partial charge on any atom is 0.191 e. The van der Waals surface area contributed by atoms with Crippen molar-refractivity contribution in [2.75, 3.05) is 0 Å². The van der Waals surface area contributed by atoms with E-state index in [9.17, 15) is 0 Å². The predicted molar refractivity (Wildman–Crippen MR) is 66.4 cm³/mol. The Kier molecular flexibility index (Phi) is 3.86. The van der Waals surface area contributed by atoms with Crippen LogP contribution in [0.4, 0.5) is 0 Å². The molecule has 90 valence electrons. The van der Waals surface area contributed by atoms with Crippen molar-refractivity contribution in [2.45, 2.75) is 62.5 Å². The lowest BCUT2D eigenvalue weighted by Gasteiger charge is -2.14. The third-order valence-corrected chi connectivity index (χ3v) is 4.30. The molecule has 16 heavy (non-hydrogen) atoms. The van der Waals surface area contributed by atoms with Crippen LogP contribution in [0.15, 0.2) is 5.16 Å². The van der Waals surface area contributed by atoms with Crippen LogP contribution < -0.4 is 5.73 Å². The molecule has 1 aromatic rings. The van der Waals surface area contributed by atoms with Crippen LogP contribution in [0, 0.1) is 0 Å².